The Bertz CT molecular complexity index is 3600. The van der Waals surface area contributed by atoms with E-state index >= 15 is 0 Å². The first-order valence-corrected chi connectivity index (χ1v) is 21.8. The summed E-state index contributed by atoms with van der Waals surface area (Å²) >= 11 is 0. The van der Waals surface area contributed by atoms with Gasteiger partial charge in [-0.3, -0.25) is 0 Å². The highest BCUT2D eigenvalue weighted by molar-refractivity contribution is 6.13. The van der Waals surface area contributed by atoms with E-state index in [9.17, 15) is 0 Å². The summed E-state index contributed by atoms with van der Waals surface area (Å²) in [6.07, 6.45) is 0. The quantitative estimate of drug-likeness (QED) is 0.106. The number of rotatable bonds is 0. The van der Waals surface area contributed by atoms with Crippen LogP contribution in [-0.2, 0) is 0 Å². The van der Waals surface area contributed by atoms with Crippen molar-refractivity contribution < 1.29 is 0 Å². The molecule has 10 aromatic carbocycles. The van der Waals surface area contributed by atoms with Gasteiger partial charge in [-0.05, 0) is 155 Å². The first-order chi connectivity index (χ1) is 31.4. The summed E-state index contributed by atoms with van der Waals surface area (Å²) < 4.78 is 0. The summed E-state index contributed by atoms with van der Waals surface area (Å²) in [5, 5.41) is 13.7. The first kappa shape index (κ1) is 38.4. The number of aryl methyl sites for hydroxylation is 4. The van der Waals surface area contributed by atoms with Crippen LogP contribution in [0.15, 0.2) is 170 Å². The zero-order valence-corrected chi connectivity index (χ0v) is 36.2. The lowest BCUT2D eigenvalue weighted by molar-refractivity contribution is 1.45. The van der Waals surface area contributed by atoms with Crippen LogP contribution in [0.5, 0.6) is 0 Å². The monoisotopic (exact) mass is 808 g/mol. The average Bonchev–Trinajstić information content (AvgIpc) is 3.29. The predicted octanol–water partition coefficient (Wildman–Crippen LogP) is 14.0. The van der Waals surface area contributed by atoms with E-state index < -0.39 is 0 Å². The summed E-state index contributed by atoms with van der Waals surface area (Å²) in [5.74, 6) is 29.0. The van der Waals surface area contributed by atoms with Crippen LogP contribution >= 0.6 is 0 Å². The van der Waals surface area contributed by atoms with Crippen LogP contribution in [0.4, 0.5) is 0 Å². The Morgan fingerprint density at radius 1 is 0.234 bits per heavy atom. The third-order valence-corrected chi connectivity index (χ3v) is 12.3. The molecule has 0 saturated carbocycles. The Balaban J connectivity index is 1.41. The van der Waals surface area contributed by atoms with E-state index in [0.29, 0.717) is 0 Å². The van der Waals surface area contributed by atoms with Crippen LogP contribution in [0.2, 0.25) is 0 Å². The Morgan fingerprint density at radius 2 is 0.469 bits per heavy atom. The number of hydrogen-bond donors (Lipinski definition) is 0. The van der Waals surface area contributed by atoms with E-state index in [1.807, 2.05) is 0 Å². The molecule has 0 aromatic heterocycles. The van der Waals surface area contributed by atoms with Gasteiger partial charge >= 0.3 is 0 Å². The fraction of sp³-hybridized carbons (Fsp3) is 0.0625. The third-order valence-electron chi connectivity index (χ3n) is 12.3. The van der Waals surface area contributed by atoms with Crippen LogP contribution < -0.4 is 0 Å². The minimum atomic E-state index is 0.980. The van der Waals surface area contributed by atoms with Gasteiger partial charge in [0.15, 0.2) is 0 Å². The van der Waals surface area contributed by atoms with Gasteiger partial charge in [-0.25, -0.2) is 0 Å². The molecule has 4 bridgehead atoms. The van der Waals surface area contributed by atoms with Crippen molar-refractivity contribution in [3.63, 3.8) is 0 Å². The molecule has 0 aliphatic heterocycles. The molecule has 0 radical (unpaired) electrons. The molecule has 4 aliphatic carbocycles. The largest absolute Gasteiger partial charge is 0.0616 e. The lowest BCUT2D eigenvalue weighted by atomic mass is 9.82. The van der Waals surface area contributed by atoms with Crippen LogP contribution in [0, 0.1) is 95.9 Å². The summed E-state index contributed by atoms with van der Waals surface area (Å²) in [6, 6.07) is 60.3. The molecule has 14 rings (SSSR count). The lowest BCUT2D eigenvalue weighted by Gasteiger charge is -2.19. The van der Waals surface area contributed by atoms with Crippen molar-refractivity contribution in [2.45, 2.75) is 27.7 Å². The molecule has 0 amide bonds. The Kier molecular flexibility index (Phi) is 9.45. The Hall–Kier alpha value is -8.52. The lowest BCUT2D eigenvalue weighted by Crippen LogP contribution is -2.00. The first-order valence-electron chi connectivity index (χ1n) is 21.8. The van der Waals surface area contributed by atoms with E-state index in [1.165, 1.54) is 22.3 Å². The Morgan fingerprint density at radius 3 is 0.703 bits per heavy atom. The molecule has 0 spiro atoms. The van der Waals surface area contributed by atoms with Crippen molar-refractivity contribution in [3.05, 3.63) is 257 Å². The molecule has 0 heterocycles. The van der Waals surface area contributed by atoms with E-state index in [1.54, 1.807) is 0 Å². The van der Waals surface area contributed by atoms with Crippen LogP contribution in [-0.4, -0.2) is 0 Å². The van der Waals surface area contributed by atoms with Gasteiger partial charge in [0.05, 0.1) is 0 Å². The highest BCUT2D eigenvalue weighted by Crippen LogP contribution is 2.41. The molecular weight excluding hydrogens is 769 g/mol. The smallest absolute Gasteiger partial charge is 0.0334 e. The van der Waals surface area contributed by atoms with E-state index in [0.717, 1.165) is 108 Å². The van der Waals surface area contributed by atoms with Crippen LogP contribution in [0.3, 0.4) is 0 Å². The molecule has 0 N–H and O–H groups in total. The predicted molar refractivity (Wildman–Crippen MR) is 267 cm³/mol. The van der Waals surface area contributed by atoms with E-state index in [4.69, 9.17) is 0 Å². The standard InChI is InChI=1S/C64H40/c1-41-13-5-17-45(37-41)29-33-49-21-9-25-53-57(49)63-58-50(34-30-46-18-6-14-42(2)38-46)22-10-26-54(58)61(53)64-59-51(35-31-47-19-7-15-43(3)39-47)23-11-27-55(59)62(63)56-28-12-24-52(60(56)64)36-32-48-20-8-16-44(4)40-48/h5-28,37-40H,1-4H3. The highest BCUT2D eigenvalue weighted by atomic mass is 14.2. The van der Waals surface area contributed by atoms with Gasteiger partial charge in [0, 0.05) is 76.5 Å². The van der Waals surface area contributed by atoms with Gasteiger partial charge in [-0.15, -0.1) is 0 Å². The third kappa shape index (κ3) is 6.77. The minimum absolute atomic E-state index is 0.980. The fourth-order valence-electron chi connectivity index (χ4n) is 9.56. The molecule has 0 fully saturated rings. The zero-order chi connectivity index (χ0) is 43.3. The van der Waals surface area contributed by atoms with Gasteiger partial charge in [-0.2, -0.15) is 0 Å². The molecule has 0 nitrogen and oxygen atoms in total. The second-order valence-electron chi connectivity index (χ2n) is 16.9. The average molecular weight is 809 g/mol. The van der Waals surface area contributed by atoms with Gasteiger partial charge in [0.25, 0.3) is 0 Å². The van der Waals surface area contributed by atoms with Crippen LogP contribution in [0.25, 0.3) is 43.1 Å². The Labute approximate surface area is 373 Å². The zero-order valence-electron chi connectivity index (χ0n) is 36.2. The van der Waals surface area contributed by atoms with Crippen molar-refractivity contribution in [2.75, 3.05) is 0 Å². The molecule has 0 unspecified atom stereocenters. The number of benzene rings is 10. The topological polar surface area (TPSA) is 0 Å². The molecule has 10 aromatic rings. The SMILES string of the molecule is Cc1cccc(C#Cc2cccc3c4c5cccc(C#Cc6cccc(C)c6)c5c(c23)=c2c3cccc(C#Cc5cccc(C)c5)c3c=4c3c(C#Cc4cccc(C)c4)cccc23)c1. The summed E-state index contributed by atoms with van der Waals surface area (Å²) in [4.78, 5) is 0. The summed E-state index contributed by atoms with van der Waals surface area (Å²) in [6.45, 7) is 8.46. The molecule has 0 heteroatoms. The highest BCUT2D eigenvalue weighted by Gasteiger charge is 2.21. The molecule has 4 aliphatic rings. The van der Waals surface area contributed by atoms with Crippen LogP contribution in [0.1, 0.15) is 66.8 Å². The molecule has 0 atom stereocenters. The second kappa shape index (κ2) is 15.7. The maximum atomic E-state index is 3.69. The van der Waals surface area contributed by atoms with Crippen molar-refractivity contribution >= 4 is 43.1 Å². The van der Waals surface area contributed by atoms with Gasteiger partial charge in [-0.1, -0.05) is 144 Å². The summed E-state index contributed by atoms with van der Waals surface area (Å²) in [5.41, 5.74) is 12.6. The second-order valence-corrected chi connectivity index (χ2v) is 16.9. The fourth-order valence-corrected chi connectivity index (χ4v) is 9.56. The molecular formula is C64H40. The number of hydrogen-bond acceptors (Lipinski definition) is 0. The van der Waals surface area contributed by atoms with Crippen molar-refractivity contribution in [1.82, 2.24) is 0 Å². The minimum Gasteiger partial charge on any atom is -0.0616 e. The van der Waals surface area contributed by atoms with Gasteiger partial charge in [0.1, 0.15) is 0 Å². The molecule has 0 saturated heterocycles. The van der Waals surface area contributed by atoms with E-state index in [-0.39, 0.29) is 0 Å². The van der Waals surface area contributed by atoms with E-state index in [2.05, 4.69) is 245 Å². The normalized spacial score (nSPS) is 10.9. The molecule has 296 valence electrons. The van der Waals surface area contributed by atoms with Gasteiger partial charge in [0.2, 0.25) is 0 Å². The van der Waals surface area contributed by atoms with Crippen molar-refractivity contribution in [1.29, 1.82) is 0 Å². The molecule has 64 heavy (non-hydrogen) atoms. The summed E-state index contributed by atoms with van der Waals surface area (Å²) in [7, 11) is 0. The van der Waals surface area contributed by atoms with Crippen molar-refractivity contribution in [2.24, 2.45) is 0 Å². The maximum absolute atomic E-state index is 3.69. The van der Waals surface area contributed by atoms with Crippen molar-refractivity contribution in [3.8, 4) is 47.4 Å². The van der Waals surface area contributed by atoms with Gasteiger partial charge < -0.3 is 0 Å². The maximum Gasteiger partial charge on any atom is 0.0334 e.